The molecule has 0 bridgehead atoms. The molecule has 1 saturated heterocycles. The molecule has 2 aromatic rings. The molecule has 84 valence electrons. The maximum absolute atomic E-state index is 13.1. The Morgan fingerprint density at radius 2 is 2.31 bits per heavy atom. The summed E-state index contributed by atoms with van der Waals surface area (Å²) < 4.78 is 19.0. The average molecular weight is 219 g/mol. The van der Waals surface area contributed by atoms with Gasteiger partial charge in [-0.05, 0) is 44.5 Å². The molecule has 1 aliphatic heterocycles. The second-order valence-corrected chi connectivity index (χ2v) is 4.38. The SMILES string of the molecule is Cc1c(C2CCCN2)oc2ccc(F)cc12. The molecule has 2 heterocycles. The highest BCUT2D eigenvalue weighted by Gasteiger charge is 2.23. The van der Waals surface area contributed by atoms with Crippen molar-refractivity contribution in [2.75, 3.05) is 6.54 Å². The number of benzene rings is 1. The lowest BCUT2D eigenvalue weighted by molar-refractivity contribution is 0.467. The molecule has 2 nitrogen and oxygen atoms in total. The van der Waals surface area contributed by atoms with Crippen molar-refractivity contribution in [3.63, 3.8) is 0 Å². The minimum atomic E-state index is -0.206. The van der Waals surface area contributed by atoms with Gasteiger partial charge in [-0.2, -0.15) is 0 Å². The maximum Gasteiger partial charge on any atom is 0.134 e. The van der Waals surface area contributed by atoms with Crippen LogP contribution in [0.5, 0.6) is 0 Å². The van der Waals surface area contributed by atoms with E-state index in [0.717, 1.165) is 35.3 Å². The fraction of sp³-hybridized carbons (Fsp3) is 0.385. The van der Waals surface area contributed by atoms with Gasteiger partial charge in [0, 0.05) is 10.9 Å². The van der Waals surface area contributed by atoms with Gasteiger partial charge in [0.2, 0.25) is 0 Å². The molecule has 16 heavy (non-hydrogen) atoms. The molecule has 0 aliphatic carbocycles. The van der Waals surface area contributed by atoms with Crippen LogP contribution in [0.3, 0.4) is 0 Å². The van der Waals surface area contributed by atoms with E-state index in [0.29, 0.717) is 6.04 Å². The Labute approximate surface area is 93.4 Å². The lowest BCUT2D eigenvalue weighted by Gasteiger charge is -2.06. The van der Waals surface area contributed by atoms with Crippen LogP contribution in [-0.4, -0.2) is 6.54 Å². The Morgan fingerprint density at radius 1 is 1.44 bits per heavy atom. The van der Waals surface area contributed by atoms with Crippen LogP contribution in [0.4, 0.5) is 4.39 Å². The first-order valence-electron chi connectivity index (χ1n) is 5.67. The molecule has 3 rings (SSSR count). The standard InChI is InChI=1S/C13H14FNO/c1-8-10-7-9(14)4-5-12(10)16-13(8)11-3-2-6-15-11/h4-5,7,11,15H,2-3,6H2,1H3. The lowest BCUT2D eigenvalue weighted by atomic mass is 10.1. The molecule has 1 aromatic heterocycles. The van der Waals surface area contributed by atoms with Gasteiger partial charge in [-0.3, -0.25) is 0 Å². The number of fused-ring (bicyclic) bond motifs is 1. The molecule has 1 fully saturated rings. The van der Waals surface area contributed by atoms with Crippen LogP contribution in [0, 0.1) is 12.7 Å². The molecule has 1 aromatic carbocycles. The predicted octanol–water partition coefficient (Wildman–Crippen LogP) is 3.30. The Kier molecular flexibility index (Phi) is 2.21. The number of furan rings is 1. The van der Waals surface area contributed by atoms with Crippen LogP contribution in [0.15, 0.2) is 22.6 Å². The summed E-state index contributed by atoms with van der Waals surface area (Å²) in [6.45, 7) is 3.04. The van der Waals surface area contributed by atoms with Gasteiger partial charge in [-0.15, -0.1) is 0 Å². The van der Waals surface area contributed by atoms with Crippen LogP contribution in [0.1, 0.15) is 30.2 Å². The second-order valence-electron chi connectivity index (χ2n) is 4.38. The van der Waals surface area contributed by atoms with Crippen molar-refractivity contribution in [3.05, 3.63) is 35.3 Å². The third kappa shape index (κ3) is 1.43. The summed E-state index contributed by atoms with van der Waals surface area (Å²) in [5, 5.41) is 4.29. The van der Waals surface area contributed by atoms with Crippen LogP contribution in [-0.2, 0) is 0 Å². The highest BCUT2D eigenvalue weighted by molar-refractivity contribution is 5.82. The van der Waals surface area contributed by atoms with E-state index in [9.17, 15) is 4.39 Å². The van der Waals surface area contributed by atoms with Crippen molar-refractivity contribution >= 4 is 11.0 Å². The number of halogens is 1. The monoisotopic (exact) mass is 219 g/mol. The summed E-state index contributed by atoms with van der Waals surface area (Å²) in [5.74, 6) is 0.764. The van der Waals surface area contributed by atoms with E-state index >= 15 is 0 Å². The van der Waals surface area contributed by atoms with Crippen molar-refractivity contribution in [1.82, 2.24) is 5.32 Å². The fourth-order valence-corrected chi connectivity index (χ4v) is 2.45. The third-order valence-corrected chi connectivity index (χ3v) is 3.31. The average Bonchev–Trinajstić information content (AvgIpc) is 2.87. The van der Waals surface area contributed by atoms with Crippen molar-refractivity contribution in [2.45, 2.75) is 25.8 Å². The maximum atomic E-state index is 13.1. The van der Waals surface area contributed by atoms with Gasteiger partial charge in [-0.25, -0.2) is 4.39 Å². The summed E-state index contributed by atoms with van der Waals surface area (Å²) >= 11 is 0. The van der Waals surface area contributed by atoms with Gasteiger partial charge in [0.15, 0.2) is 0 Å². The van der Waals surface area contributed by atoms with E-state index in [1.54, 1.807) is 12.1 Å². The number of aryl methyl sites for hydroxylation is 1. The van der Waals surface area contributed by atoms with E-state index in [1.165, 1.54) is 12.5 Å². The minimum absolute atomic E-state index is 0.206. The van der Waals surface area contributed by atoms with Crippen LogP contribution in [0.2, 0.25) is 0 Å². The molecule has 1 atom stereocenters. The zero-order valence-electron chi connectivity index (χ0n) is 9.22. The molecule has 0 saturated carbocycles. The first kappa shape index (κ1) is 9.85. The van der Waals surface area contributed by atoms with Crippen LogP contribution >= 0.6 is 0 Å². The molecule has 1 aliphatic rings. The number of nitrogens with one attached hydrogen (secondary N) is 1. The summed E-state index contributed by atoms with van der Waals surface area (Å²) in [6, 6.07) is 5.00. The van der Waals surface area contributed by atoms with Crippen molar-refractivity contribution in [3.8, 4) is 0 Å². The Bertz CT molecular complexity index is 526. The van der Waals surface area contributed by atoms with Gasteiger partial charge in [0.1, 0.15) is 17.2 Å². The second kappa shape index (κ2) is 3.59. The fourth-order valence-electron chi connectivity index (χ4n) is 2.45. The minimum Gasteiger partial charge on any atom is -0.459 e. The molecule has 3 heteroatoms. The van der Waals surface area contributed by atoms with Crippen molar-refractivity contribution < 1.29 is 8.81 Å². The Morgan fingerprint density at radius 3 is 3.06 bits per heavy atom. The normalized spacial score (nSPS) is 20.8. The topological polar surface area (TPSA) is 25.2 Å². The van der Waals surface area contributed by atoms with Crippen LogP contribution in [0.25, 0.3) is 11.0 Å². The first-order chi connectivity index (χ1) is 7.75. The molecule has 0 spiro atoms. The van der Waals surface area contributed by atoms with E-state index in [2.05, 4.69) is 5.32 Å². The zero-order valence-corrected chi connectivity index (χ0v) is 9.22. The summed E-state index contributed by atoms with van der Waals surface area (Å²) in [5.41, 5.74) is 1.84. The molecule has 1 N–H and O–H groups in total. The van der Waals surface area contributed by atoms with Gasteiger partial charge < -0.3 is 9.73 Å². The van der Waals surface area contributed by atoms with Gasteiger partial charge in [0.25, 0.3) is 0 Å². The Hall–Kier alpha value is -1.35. The first-order valence-corrected chi connectivity index (χ1v) is 5.67. The number of hydrogen-bond acceptors (Lipinski definition) is 2. The highest BCUT2D eigenvalue weighted by Crippen LogP contribution is 2.33. The summed E-state index contributed by atoms with van der Waals surface area (Å²) in [7, 11) is 0. The molecule has 0 radical (unpaired) electrons. The summed E-state index contributed by atoms with van der Waals surface area (Å²) in [6.07, 6.45) is 2.28. The quantitative estimate of drug-likeness (QED) is 0.796. The van der Waals surface area contributed by atoms with E-state index in [-0.39, 0.29) is 5.82 Å². The smallest absolute Gasteiger partial charge is 0.134 e. The van der Waals surface area contributed by atoms with Gasteiger partial charge in [0.05, 0.1) is 6.04 Å². The lowest BCUT2D eigenvalue weighted by Crippen LogP contribution is -2.12. The van der Waals surface area contributed by atoms with Gasteiger partial charge in [-0.1, -0.05) is 0 Å². The largest absolute Gasteiger partial charge is 0.459 e. The van der Waals surface area contributed by atoms with Crippen LogP contribution < -0.4 is 5.32 Å². The molecular formula is C13H14FNO. The van der Waals surface area contributed by atoms with Crippen molar-refractivity contribution in [1.29, 1.82) is 0 Å². The molecular weight excluding hydrogens is 205 g/mol. The van der Waals surface area contributed by atoms with E-state index < -0.39 is 0 Å². The zero-order chi connectivity index (χ0) is 11.1. The van der Waals surface area contributed by atoms with Gasteiger partial charge >= 0.3 is 0 Å². The summed E-state index contributed by atoms with van der Waals surface area (Å²) in [4.78, 5) is 0. The molecule has 1 unspecified atom stereocenters. The predicted molar refractivity (Wildman–Crippen MR) is 60.9 cm³/mol. The van der Waals surface area contributed by atoms with Crippen molar-refractivity contribution in [2.24, 2.45) is 0 Å². The Balaban J connectivity index is 2.15. The highest BCUT2D eigenvalue weighted by atomic mass is 19.1. The molecule has 0 amide bonds. The van der Waals surface area contributed by atoms with E-state index in [4.69, 9.17) is 4.42 Å². The number of hydrogen-bond donors (Lipinski definition) is 1. The number of rotatable bonds is 1. The van der Waals surface area contributed by atoms with E-state index in [1.807, 2.05) is 6.92 Å². The third-order valence-electron chi connectivity index (χ3n) is 3.31.